The molecule has 1 aliphatic rings. The quantitative estimate of drug-likeness (QED) is 0.916. The third-order valence-corrected chi connectivity index (χ3v) is 4.90. The molecule has 1 saturated carbocycles. The van der Waals surface area contributed by atoms with Gasteiger partial charge in [0, 0.05) is 12.5 Å². The molecule has 0 spiro atoms. The summed E-state index contributed by atoms with van der Waals surface area (Å²) in [6.45, 7) is 2.41. The number of likely N-dealkylation sites (N-methyl/N-ethyl adjacent to an activating group) is 1. The highest BCUT2D eigenvalue weighted by Gasteiger charge is 2.35. The van der Waals surface area contributed by atoms with Crippen LogP contribution in [0.1, 0.15) is 44.9 Å². The second-order valence-electron chi connectivity index (χ2n) is 6.34. The van der Waals surface area contributed by atoms with E-state index in [0.717, 1.165) is 23.4 Å². The lowest BCUT2D eigenvalue weighted by molar-refractivity contribution is 0.144. The summed E-state index contributed by atoms with van der Waals surface area (Å²) in [6, 6.07) is 8.44. The van der Waals surface area contributed by atoms with Gasteiger partial charge in [0.2, 0.25) is 0 Å². The molecular formula is C17H24N2O. The van der Waals surface area contributed by atoms with Gasteiger partial charge in [0.15, 0.2) is 11.5 Å². The van der Waals surface area contributed by atoms with Crippen molar-refractivity contribution in [3.05, 3.63) is 30.2 Å². The maximum Gasteiger partial charge on any atom is 0.197 e. The van der Waals surface area contributed by atoms with Crippen LogP contribution in [0.3, 0.4) is 0 Å². The normalized spacial score (nSPS) is 20.1. The number of hydrogen-bond acceptors (Lipinski definition) is 3. The molecule has 0 bridgehead atoms. The highest BCUT2D eigenvalue weighted by molar-refractivity contribution is 5.72. The summed E-state index contributed by atoms with van der Waals surface area (Å²) in [5.74, 6) is 0.859. The van der Waals surface area contributed by atoms with Crippen LogP contribution in [0.4, 0.5) is 0 Å². The smallest absolute Gasteiger partial charge is 0.197 e. The van der Waals surface area contributed by atoms with Gasteiger partial charge in [0.05, 0.1) is 0 Å². The summed E-state index contributed by atoms with van der Waals surface area (Å²) in [6.07, 6.45) is 7.57. The average molecular weight is 272 g/mol. The highest BCUT2D eigenvalue weighted by atomic mass is 16.3. The summed E-state index contributed by atoms with van der Waals surface area (Å²) in [5, 5.41) is 3.51. The molecule has 3 rings (SSSR count). The molecule has 1 unspecified atom stereocenters. The summed E-state index contributed by atoms with van der Waals surface area (Å²) in [7, 11) is 2.06. The molecular weight excluding hydrogens is 248 g/mol. The molecule has 1 aliphatic carbocycles. The number of benzene rings is 1. The first-order valence-electron chi connectivity index (χ1n) is 7.73. The first kappa shape index (κ1) is 13.6. The molecule has 0 radical (unpaired) electrons. The van der Waals surface area contributed by atoms with E-state index in [1.54, 1.807) is 0 Å². The molecule has 108 valence electrons. The summed E-state index contributed by atoms with van der Waals surface area (Å²) >= 11 is 0. The number of aromatic nitrogens is 1. The molecule has 3 nitrogen and oxygen atoms in total. The van der Waals surface area contributed by atoms with Gasteiger partial charge in [-0.05, 0) is 37.4 Å². The molecule has 1 aromatic heterocycles. The van der Waals surface area contributed by atoms with Gasteiger partial charge < -0.3 is 9.73 Å². The monoisotopic (exact) mass is 272 g/mol. The number of hydrogen-bond donors (Lipinski definition) is 1. The van der Waals surface area contributed by atoms with Gasteiger partial charge in [-0.25, -0.2) is 4.98 Å². The van der Waals surface area contributed by atoms with Gasteiger partial charge in [0.25, 0.3) is 0 Å². The lowest BCUT2D eigenvalue weighted by Crippen LogP contribution is -2.44. The Labute approximate surface area is 120 Å². The number of nitrogens with zero attached hydrogens (tertiary/aromatic N) is 1. The molecule has 2 aromatic rings. The number of rotatable bonds is 4. The van der Waals surface area contributed by atoms with Crippen LogP contribution < -0.4 is 5.32 Å². The van der Waals surface area contributed by atoms with Crippen LogP contribution in [-0.4, -0.2) is 18.1 Å². The number of nitrogens with one attached hydrogen (secondary N) is 1. The third kappa shape index (κ3) is 2.59. The Morgan fingerprint density at radius 3 is 2.70 bits per heavy atom. The molecule has 1 heterocycles. The topological polar surface area (TPSA) is 38.1 Å². The van der Waals surface area contributed by atoms with Crippen LogP contribution in [0.2, 0.25) is 0 Å². The van der Waals surface area contributed by atoms with Crippen molar-refractivity contribution in [2.75, 3.05) is 7.05 Å². The minimum absolute atomic E-state index is 0.369. The number of fused-ring (bicyclic) bond motifs is 1. The minimum atomic E-state index is 0.369. The van der Waals surface area contributed by atoms with Crippen LogP contribution in [-0.2, 0) is 6.42 Å². The summed E-state index contributed by atoms with van der Waals surface area (Å²) in [4.78, 5) is 4.62. The standard InChI is InChI=1S/C17H24N2O/c1-17(10-6-3-7-11-17)15(18-2)12-16-19-13-8-4-5-9-14(13)20-16/h4-5,8-9,15,18H,3,6-7,10-12H2,1-2H3. The van der Waals surface area contributed by atoms with Gasteiger partial charge in [-0.1, -0.05) is 38.3 Å². The molecule has 1 atom stereocenters. The van der Waals surface area contributed by atoms with E-state index in [-0.39, 0.29) is 0 Å². The van der Waals surface area contributed by atoms with E-state index in [1.807, 2.05) is 24.3 Å². The van der Waals surface area contributed by atoms with E-state index in [2.05, 4.69) is 24.3 Å². The Kier molecular flexibility index (Phi) is 3.79. The zero-order chi connectivity index (χ0) is 14.0. The summed E-state index contributed by atoms with van der Waals surface area (Å²) in [5.41, 5.74) is 2.23. The molecule has 1 fully saturated rings. The van der Waals surface area contributed by atoms with E-state index in [0.29, 0.717) is 11.5 Å². The fourth-order valence-electron chi connectivity index (χ4n) is 3.59. The van der Waals surface area contributed by atoms with E-state index in [9.17, 15) is 0 Å². The van der Waals surface area contributed by atoms with Crippen LogP contribution in [0.25, 0.3) is 11.1 Å². The van der Waals surface area contributed by atoms with Crippen LogP contribution in [0.5, 0.6) is 0 Å². The lowest BCUT2D eigenvalue weighted by atomic mass is 9.69. The fourth-order valence-corrected chi connectivity index (χ4v) is 3.59. The zero-order valence-electron chi connectivity index (χ0n) is 12.5. The maximum absolute atomic E-state index is 5.89. The lowest BCUT2D eigenvalue weighted by Gasteiger charge is -2.40. The number of para-hydroxylation sites is 2. The molecule has 0 amide bonds. The Bertz CT molecular complexity index is 536. The van der Waals surface area contributed by atoms with Crippen molar-refractivity contribution in [1.29, 1.82) is 0 Å². The van der Waals surface area contributed by atoms with Gasteiger partial charge in [-0.3, -0.25) is 0 Å². The fraction of sp³-hybridized carbons (Fsp3) is 0.588. The zero-order valence-corrected chi connectivity index (χ0v) is 12.5. The van der Waals surface area contributed by atoms with Crippen molar-refractivity contribution in [3.8, 4) is 0 Å². The van der Waals surface area contributed by atoms with Crippen molar-refractivity contribution < 1.29 is 4.42 Å². The largest absolute Gasteiger partial charge is 0.441 e. The van der Waals surface area contributed by atoms with Crippen molar-refractivity contribution in [3.63, 3.8) is 0 Å². The average Bonchev–Trinajstić information content (AvgIpc) is 2.88. The summed E-state index contributed by atoms with van der Waals surface area (Å²) < 4.78 is 5.89. The molecule has 0 saturated heterocycles. The molecule has 3 heteroatoms. The van der Waals surface area contributed by atoms with Crippen LogP contribution in [0.15, 0.2) is 28.7 Å². The Morgan fingerprint density at radius 1 is 1.25 bits per heavy atom. The van der Waals surface area contributed by atoms with Gasteiger partial charge >= 0.3 is 0 Å². The van der Waals surface area contributed by atoms with Crippen molar-refractivity contribution >= 4 is 11.1 Å². The van der Waals surface area contributed by atoms with E-state index in [4.69, 9.17) is 4.42 Å². The molecule has 0 aliphatic heterocycles. The van der Waals surface area contributed by atoms with Crippen LogP contribution >= 0.6 is 0 Å². The first-order valence-corrected chi connectivity index (χ1v) is 7.73. The van der Waals surface area contributed by atoms with E-state index in [1.165, 1.54) is 32.1 Å². The minimum Gasteiger partial charge on any atom is -0.441 e. The SMILES string of the molecule is CNC(Cc1nc2ccccc2o1)C1(C)CCCCC1. The second-order valence-corrected chi connectivity index (χ2v) is 6.34. The van der Waals surface area contributed by atoms with Crippen molar-refractivity contribution in [1.82, 2.24) is 10.3 Å². The molecule has 1 N–H and O–H groups in total. The van der Waals surface area contributed by atoms with E-state index < -0.39 is 0 Å². The van der Waals surface area contributed by atoms with Crippen molar-refractivity contribution in [2.45, 2.75) is 51.5 Å². The van der Waals surface area contributed by atoms with E-state index >= 15 is 0 Å². The highest BCUT2D eigenvalue weighted by Crippen LogP contribution is 2.39. The Morgan fingerprint density at radius 2 is 2.00 bits per heavy atom. The van der Waals surface area contributed by atoms with Crippen LogP contribution in [0, 0.1) is 5.41 Å². The van der Waals surface area contributed by atoms with Gasteiger partial charge in [-0.15, -0.1) is 0 Å². The maximum atomic E-state index is 5.89. The second kappa shape index (κ2) is 5.57. The Hall–Kier alpha value is -1.35. The van der Waals surface area contributed by atoms with Gasteiger partial charge in [-0.2, -0.15) is 0 Å². The first-order chi connectivity index (χ1) is 9.71. The predicted molar refractivity (Wildman–Crippen MR) is 81.8 cm³/mol. The molecule has 20 heavy (non-hydrogen) atoms. The Balaban J connectivity index is 1.80. The predicted octanol–water partition coefficient (Wildman–Crippen LogP) is 3.93. The molecule has 1 aromatic carbocycles. The number of oxazole rings is 1. The van der Waals surface area contributed by atoms with Gasteiger partial charge in [0.1, 0.15) is 5.52 Å². The van der Waals surface area contributed by atoms with Crippen molar-refractivity contribution in [2.24, 2.45) is 5.41 Å². The third-order valence-electron chi connectivity index (χ3n) is 4.90.